The summed E-state index contributed by atoms with van der Waals surface area (Å²) in [5.41, 5.74) is 0. The Balaban J connectivity index is 0. The average molecular weight is 178 g/mol. The van der Waals surface area contributed by atoms with Gasteiger partial charge < -0.3 is 14.2 Å². The number of hydrogen-bond donors (Lipinski definition) is 0. The molecule has 0 unspecified atom stereocenters. The third-order valence-electron chi connectivity index (χ3n) is 0.810. The molecule has 0 aromatic carbocycles. The highest BCUT2D eigenvalue weighted by atomic mass is 16.7. The van der Waals surface area contributed by atoms with E-state index in [2.05, 4.69) is 4.74 Å². The maximum atomic E-state index is 9.18. The predicted octanol–water partition coefficient (Wildman–Crippen LogP) is 1.20. The van der Waals surface area contributed by atoms with Crippen LogP contribution in [0, 0.1) is 0 Å². The van der Waals surface area contributed by atoms with Crippen LogP contribution in [0.5, 0.6) is 0 Å². The Morgan fingerprint density at radius 3 is 1.67 bits per heavy atom. The van der Waals surface area contributed by atoms with E-state index in [4.69, 9.17) is 9.47 Å². The summed E-state index contributed by atoms with van der Waals surface area (Å²) in [5.74, 6) is 0. The van der Waals surface area contributed by atoms with Crippen LogP contribution in [0.4, 0.5) is 0 Å². The Labute approximate surface area is 73.8 Å². The van der Waals surface area contributed by atoms with Crippen LogP contribution in [0.1, 0.15) is 20.8 Å². The van der Waals surface area contributed by atoms with E-state index < -0.39 is 0 Å². The van der Waals surface area contributed by atoms with Gasteiger partial charge in [-0.1, -0.05) is 0 Å². The van der Waals surface area contributed by atoms with Crippen molar-refractivity contribution in [2.45, 2.75) is 20.8 Å². The molecule has 0 aliphatic rings. The van der Waals surface area contributed by atoms with Gasteiger partial charge in [0, 0.05) is 13.2 Å². The zero-order valence-corrected chi connectivity index (χ0v) is 8.04. The topological polar surface area (TPSA) is 44.8 Å². The molecule has 0 spiro atoms. The predicted molar refractivity (Wildman–Crippen MR) is 45.8 cm³/mol. The van der Waals surface area contributed by atoms with E-state index in [-0.39, 0.29) is 0 Å². The van der Waals surface area contributed by atoms with Crippen LogP contribution in [0.15, 0.2) is 0 Å². The van der Waals surface area contributed by atoms with Crippen molar-refractivity contribution in [1.82, 2.24) is 0 Å². The van der Waals surface area contributed by atoms with E-state index in [0.717, 1.165) is 13.2 Å². The minimum absolute atomic E-state index is 0.431. The Bertz CT molecular complexity index is 71.5. The van der Waals surface area contributed by atoms with Crippen molar-refractivity contribution in [3.8, 4) is 0 Å². The molecule has 0 bridgehead atoms. The highest BCUT2D eigenvalue weighted by molar-refractivity contribution is 5.36. The number of hydrogen-bond acceptors (Lipinski definition) is 4. The third-order valence-corrected chi connectivity index (χ3v) is 0.810. The van der Waals surface area contributed by atoms with E-state index in [1.165, 1.54) is 0 Å². The van der Waals surface area contributed by atoms with E-state index in [0.29, 0.717) is 19.9 Å². The van der Waals surface area contributed by atoms with Crippen LogP contribution in [0.2, 0.25) is 0 Å². The molecule has 0 saturated heterocycles. The highest BCUT2D eigenvalue weighted by Gasteiger charge is 1.76. The van der Waals surface area contributed by atoms with Crippen LogP contribution < -0.4 is 0 Å². The summed E-state index contributed by atoms with van der Waals surface area (Å²) in [6.07, 6.45) is 0. The van der Waals surface area contributed by atoms with Crippen molar-refractivity contribution in [2.24, 2.45) is 0 Å². The second-order valence-corrected chi connectivity index (χ2v) is 1.66. The lowest BCUT2D eigenvalue weighted by Crippen LogP contribution is -1.97. The van der Waals surface area contributed by atoms with Gasteiger partial charge in [-0.3, -0.25) is 4.79 Å². The summed E-state index contributed by atoms with van der Waals surface area (Å²) < 4.78 is 13.9. The first kappa shape index (κ1) is 13.9. The largest absolute Gasteiger partial charge is 0.468 e. The lowest BCUT2D eigenvalue weighted by Gasteiger charge is -1.97. The molecule has 0 atom stereocenters. The maximum Gasteiger partial charge on any atom is 0.293 e. The summed E-state index contributed by atoms with van der Waals surface area (Å²) in [6, 6.07) is 0. The average Bonchev–Trinajstić information content (AvgIpc) is 2.08. The fourth-order valence-electron chi connectivity index (χ4n) is 0.294. The summed E-state index contributed by atoms with van der Waals surface area (Å²) >= 11 is 0. The minimum Gasteiger partial charge on any atom is -0.468 e. The SMILES string of the molecule is CCOC=O.CCOCOCC. The van der Waals surface area contributed by atoms with Crippen LogP contribution in [-0.2, 0) is 19.0 Å². The van der Waals surface area contributed by atoms with Crippen LogP contribution >= 0.6 is 0 Å². The molecule has 0 radical (unpaired) electrons. The summed E-state index contributed by atoms with van der Waals surface area (Å²) in [5, 5.41) is 0. The molecule has 4 heteroatoms. The van der Waals surface area contributed by atoms with Crippen LogP contribution in [-0.4, -0.2) is 33.1 Å². The van der Waals surface area contributed by atoms with Gasteiger partial charge in [0.05, 0.1) is 6.61 Å². The van der Waals surface area contributed by atoms with Crippen molar-refractivity contribution in [2.75, 3.05) is 26.6 Å². The van der Waals surface area contributed by atoms with Crippen LogP contribution in [0.3, 0.4) is 0 Å². The Kier molecular flexibility index (Phi) is 19.5. The van der Waals surface area contributed by atoms with Gasteiger partial charge in [-0.05, 0) is 20.8 Å². The van der Waals surface area contributed by atoms with Gasteiger partial charge in [0.1, 0.15) is 6.79 Å². The van der Waals surface area contributed by atoms with Gasteiger partial charge in [-0.25, -0.2) is 0 Å². The molecule has 0 heterocycles. The van der Waals surface area contributed by atoms with E-state index in [9.17, 15) is 4.79 Å². The monoisotopic (exact) mass is 178 g/mol. The summed E-state index contributed by atoms with van der Waals surface area (Å²) in [4.78, 5) is 9.18. The molecular formula is C8H18O4. The second-order valence-electron chi connectivity index (χ2n) is 1.66. The first-order chi connectivity index (χ1) is 5.83. The molecule has 4 nitrogen and oxygen atoms in total. The van der Waals surface area contributed by atoms with Crippen molar-refractivity contribution in [3.05, 3.63) is 0 Å². The summed E-state index contributed by atoms with van der Waals surface area (Å²) in [7, 11) is 0. The van der Waals surface area contributed by atoms with Gasteiger partial charge in [0.25, 0.3) is 6.47 Å². The normalized spacial score (nSPS) is 8.25. The number of rotatable bonds is 6. The molecule has 74 valence electrons. The molecule has 0 aromatic heterocycles. The van der Waals surface area contributed by atoms with Gasteiger partial charge in [-0.15, -0.1) is 0 Å². The molecule has 0 saturated carbocycles. The highest BCUT2D eigenvalue weighted by Crippen LogP contribution is 1.74. The fraction of sp³-hybridized carbons (Fsp3) is 0.875. The first-order valence-corrected chi connectivity index (χ1v) is 4.04. The minimum atomic E-state index is 0.431. The van der Waals surface area contributed by atoms with Crippen molar-refractivity contribution >= 4 is 6.47 Å². The molecule has 0 rings (SSSR count). The van der Waals surface area contributed by atoms with Gasteiger partial charge in [0.2, 0.25) is 0 Å². The quantitative estimate of drug-likeness (QED) is 0.348. The number of carbonyl (C=O) groups excluding carboxylic acids is 1. The van der Waals surface area contributed by atoms with Crippen molar-refractivity contribution in [3.63, 3.8) is 0 Å². The zero-order chi connectivity index (χ0) is 9.66. The summed E-state index contributed by atoms with van der Waals surface area (Å²) in [6.45, 7) is 8.46. The second kappa shape index (κ2) is 16.8. The fourth-order valence-corrected chi connectivity index (χ4v) is 0.294. The van der Waals surface area contributed by atoms with Gasteiger partial charge >= 0.3 is 0 Å². The Morgan fingerprint density at radius 2 is 1.50 bits per heavy atom. The molecule has 0 aliphatic heterocycles. The standard InChI is InChI=1S/C5H12O2.C3H6O2/c1-3-6-5-7-4-2;1-2-5-3-4/h3-5H2,1-2H3;3H,2H2,1H3. The van der Waals surface area contributed by atoms with Gasteiger partial charge in [-0.2, -0.15) is 0 Å². The smallest absolute Gasteiger partial charge is 0.293 e. The molecule has 0 fully saturated rings. The lowest BCUT2D eigenvalue weighted by atomic mass is 10.9. The third kappa shape index (κ3) is 22.8. The van der Waals surface area contributed by atoms with Crippen LogP contribution in [0.25, 0.3) is 0 Å². The molecule has 12 heavy (non-hydrogen) atoms. The van der Waals surface area contributed by atoms with E-state index in [1.807, 2.05) is 13.8 Å². The number of ether oxygens (including phenoxy) is 3. The maximum absolute atomic E-state index is 9.18. The lowest BCUT2D eigenvalue weighted by molar-refractivity contribution is -0.128. The zero-order valence-electron chi connectivity index (χ0n) is 8.04. The van der Waals surface area contributed by atoms with Crippen molar-refractivity contribution < 1.29 is 19.0 Å². The molecular weight excluding hydrogens is 160 g/mol. The van der Waals surface area contributed by atoms with Crippen molar-refractivity contribution in [1.29, 1.82) is 0 Å². The molecule has 0 amide bonds. The Morgan fingerprint density at radius 1 is 1.00 bits per heavy atom. The first-order valence-electron chi connectivity index (χ1n) is 4.04. The Hall–Kier alpha value is -0.610. The van der Waals surface area contributed by atoms with E-state index in [1.54, 1.807) is 6.92 Å². The number of carbonyl (C=O) groups is 1. The van der Waals surface area contributed by atoms with E-state index >= 15 is 0 Å². The molecule has 0 aliphatic carbocycles. The molecule has 0 N–H and O–H groups in total. The molecule has 0 aromatic rings. The van der Waals surface area contributed by atoms with Gasteiger partial charge in [0.15, 0.2) is 0 Å².